The fourth-order valence-electron chi connectivity index (χ4n) is 1.97. The number of aliphatic hydroxyl groups excluding tert-OH is 1. The number of para-hydroxylation sites is 1. The molecule has 3 rings (SSSR count). The molecule has 3 heteroatoms. The van der Waals surface area contributed by atoms with Crippen LogP contribution in [0.2, 0.25) is 0 Å². The van der Waals surface area contributed by atoms with Crippen LogP contribution < -0.4 is 4.74 Å². The molecule has 2 aromatic carbocycles. The Balaban J connectivity index is 2.03. The number of rotatable bonds is 3. The molecular formula is C15H13NO2. The summed E-state index contributed by atoms with van der Waals surface area (Å²) >= 11 is 0. The highest BCUT2D eigenvalue weighted by Gasteiger charge is 2.06. The van der Waals surface area contributed by atoms with Crippen molar-refractivity contribution >= 4 is 10.9 Å². The maximum absolute atomic E-state index is 9.15. The van der Waals surface area contributed by atoms with E-state index in [1.165, 1.54) is 0 Å². The average molecular weight is 239 g/mol. The zero-order valence-corrected chi connectivity index (χ0v) is 9.76. The molecule has 0 amide bonds. The fraction of sp³-hybridized carbons (Fsp3) is 0.0667. The fourth-order valence-corrected chi connectivity index (χ4v) is 1.97. The number of benzene rings is 2. The number of hydrogen-bond donors (Lipinski definition) is 2. The van der Waals surface area contributed by atoms with Crippen molar-refractivity contribution in [2.75, 3.05) is 0 Å². The topological polar surface area (TPSA) is 45.2 Å². The van der Waals surface area contributed by atoms with Gasteiger partial charge in [0.2, 0.25) is 0 Å². The lowest BCUT2D eigenvalue weighted by Gasteiger charge is -2.06. The molecule has 0 radical (unpaired) electrons. The molecule has 0 spiro atoms. The Morgan fingerprint density at radius 1 is 1.00 bits per heavy atom. The van der Waals surface area contributed by atoms with E-state index in [9.17, 15) is 0 Å². The average Bonchev–Trinajstić information content (AvgIpc) is 2.84. The minimum Gasteiger partial charge on any atom is -0.457 e. The second kappa shape index (κ2) is 4.55. The zero-order chi connectivity index (χ0) is 12.4. The Morgan fingerprint density at radius 2 is 1.83 bits per heavy atom. The van der Waals surface area contributed by atoms with Crippen LogP contribution >= 0.6 is 0 Å². The van der Waals surface area contributed by atoms with Crippen LogP contribution in [0.1, 0.15) is 5.69 Å². The van der Waals surface area contributed by atoms with E-state index in [-0.39, 0.29) is 6.61 Å². The minimum atomic E-state index is -0.000539. The van der Waals surface area contributed by atoms with Crippen LogP contribution in [0.15, 0.2) is 54.6 Å². The normalized spacial score (nSPS) is 10.7. The lowest BCUT2D eigenvalue weighted by Crippen LogP contribution is -1.83. The smallest absolute Gasteiger partial charge is 0.136 e. The number of ether oxygens (including phenoxy) is 1. The second-order valence-electron chi connectivity index (χ2n) is 4.09. The van der Waals surface area contributed by atoms with Gasteiger partial charge in [-0.15, -0.1) is 0 Å². The van der Waals surface area contributed by atoms with Crippen LogP contribution in [0, 0.1) is 0 Å². The van der Waals surface area contributed by atoms with Gasteiger partial charge in [0.25, 0.3) is 0 Å². The molecule has 18 heavy (non-hydrogen) atoms. The SMILES string of the molecule is OCc1cc2c(Oc3ccccc3)cccc2[nH]1. The van der Waals surface area contributed by atoms with Gasteiger partial charge in [-0.3, -0.25) is 0 Å². The van der Waals surface area contributed by atoms with Crippen molar-refractivity contribution < 1.29 is 9.84 Å². The molecular weight excluding hydrogens is 226 g/mol. The van der Waals surface area contributed by atoms with E-state index in [0.29, 0.717) is 0 Å². The van der Waals surface area contributed by atoms with Gasteiger partial charge in [-0.2, -0.15) is 0 Å². The Labute approximate surface area is 105 Å². The summed E-state index contributed by atoms with van der Waals surface area (Å²) in [6.45, 7) is -0.000539. The number of hydrogen-bond acceptors (Lipinski definition) is 2. The first-order valence-electron chi connectivity index (χ1n) is 5.81. The van der Waals surface area contributed by atoms with Gasteiger partial charge < -0.3 is 14.8 Å². The Hall–Kier alpha value is -2.26. The van der Waals surface area contributed by atoms with E-state index >= 15 is 0 Å². The summed E-state index contributed by atoms with van der Waals surface area (Å²) < 4.78 is 5.85. The molecule has 0 unspecified atom stereocenters. The van der Waals surface area contributed by atoms with Gasteiger partial charge in [0.15, 0.2) is 0 Å². The standard InChI is InChI=1S/C15H13NO2/c17-10-11-9-13-14(16-11)7-4-8-15(13)18-12-5-2-1-3-6-12/h1-9,16-17H,10H2. The zero-order valence-electron chi connectivity index (χ0n) is 9.76. The maximum atomic E-state index is 9.15. The van der Waals surface area contributed by atoms with Gasteiger partial charge in [-0.1, -0.05) is 24.3 Å². The number of aliphatic hydroxyl groups is 1. The van der Waals surface area contributed by atoms with Gasteiger partial charge in [0, 0.05) is 16.6 Å². The van der Waals surface area contributed by atoms with Crippen molar-refractivity contribution in [3.63, 3.8) is 0 Å². The summed E-state index contributed by atoms with van der Waals surface area (Å²) in [6.07, 6.45) is 0. The molecule has 0 saturated heterocycles. The first-order valence-corrected chi connectivity index (χ1v) is 5.81. The van der Waals surface area contributed by atoms with Gasteiger partial charge in [-0.05, 0) is 30.3 Å². The van der Waals surface area contributed by atoms with Gasteiger partial charge in [-0.25, -0.2) is 0 Å². The van der Waals surface area contributed by atoms with Gasteiger partial charge in [0.05, 0.1) is 6.61 Å². The summed E-state index contributed by atoms with van der Waals surface area (Å²) in [5, 5.41) is 10.1. The predicted octanol–water partition coefficient (Wildman–Crippen LogP) is 3.45. The van der Waals surface area contributed by atoms with Gasteiger partial charge >= 0.3 is 0 Å². The predicted molar refractivity (Wildman–Crippen MR) is 70.7 cm³/mol. The Morgan fingerprint density at radius 3 is 2.61 bits per heavy atom. The first-order chi connectivity index (χ1) is 8.86. The molecule has 90 valence electrons. The van der Waals surface area contributed by atoms with Crippen LogP contribution in [0.25, 0.3) is 10.9 Å². The maximum Gasteiger partial charge on any atom is 0.136 e. The van der Waals surface area contributed by atoms with E-state index < -0.39 is 0 Å². The van der Waals surface area contributed by atoms with Crippen LogP contribution in [0.3, 0.4) is 0 Å². The molecule has 3 nitrogen and oxygen atoms in total. The van der Waals surface area contributed by atoms with Crippen molar-refractivity contribution in [2.24, 2.45) is 0 Å². The Kier molecular flexibility index (Phi) is 2.74. The summed E-state index contributed by atoms with van der Waals surface area (Å²) in [5.41, 5.74) is 1.75. The highest BCUT2D eigenvalue weighted by molar-refractivity contribution is 5.86. The molecule has 2 N–H and O–H groups in total. The summed E-state index contributed by atoms with van der Waals surface area (Å²) in [5.74, 6) is 1.59. The van der Waals surface area contributed by atoms with Crippen molar-refractivity contribution in [2.45, 2.75) is 6.61 Å². The van der Waals surface area contributed by atoms with Crippen LogP contribution in [0.4, 0.5) is 0 Å². The van der Waals surface area contributed by atoms with Crippen LogP contribution in [-0.2, 0) is 6.61 Å². The van der Waals surface area contributed by atoms with Crippen molar-refractivity contribution in [3.05, 3.63) is 60.3 Å². The number of nitrogens with one attached hydrogen (secondary N) is 1. The van der Waals surface area contributed by atoms with Crippen molar-refractivity contribution in [1.82, 2.24) is 4.98 Å². The number of aromatic amines is 1. The third-order valence-electron chi connectivity index (χ3n) is 2.82. The summed E-state index contributed by atoms with van der Waals surface area (Å²) in [6, 6.07) is 17.4. The molecule has 0 atom stereocenters. The lowest BCUT2D eigenvalue weighted by molar-refractivity contribution is 0.278. The highest BCUT2D eigenvalue weighted by Crippen LogP contribution is 2.30. The third-order valence-corrected chi connectivity index (χ3v) is 2.82. The number of H-pyrrole nitrogens is 1. The van der Waals surface area contributed by atoms with E-state index in [2.05, 4.69) is 4.98 Å². The largest absolute Gasteiger partial charge is 0.457 e. The highest BCUT2D eigenvalue weighted by atomic mass is 16.5. The lowest BCUT2D eigenvalue weighted by atomic mass is 10.2. The van der Waals surface area contributed by atoms with E-state index in [0.717, 1.165) is 28.1 Å². The monoisotopic (exact) mass is 239 g/mol. The van der Waals surface area contributed by atoms with E-state index in [1.54, 1.807) is 0 Å². The molecule has 0 fully saturated rings. The quantitative estimate of drug-likeness (QED) is 0.735. The molecule has 1 aromatic heterocycles. The van der Waals surface area contributed by atoms with Crippen LogP contribution in [0.5, 0.6) is 11.5 Å². The summed E-state index contributed by atoms with van der Waals surface area (Å²) in [4.78, 5) is 3.14. The van der Waals surface area contributed by atoms with E-state index in [4.69, 9.17) is 9.84 Å². The molecule has 0 bridgehead atoms. The minimum absolute atomic E-state index is 0.000539. The molecule has 0 aliphatic rings. The second-order valence-corrected chi connectivity index (χ2v) is 4.09. The molecule has 0 saturated carbocycles. The third kappa shape index (κ3) is 1.96. The summed E-state index contributed by atoms with van der Waals surface area (Å²) in [7, 11) is 0. The van der Waals surface area contributed by atoms with Crippen molar-refractivity contribution in [1.29, 1.82) is 0 Å². The van der Waals surface area contributed by atoms with E-state index in [1.807, 2.05) is 54.6 Å². The number of fused-ring (bicyclic) bond motifs is 1. The first kappa shape index (κ1) is 10.9. The number of aromatic nitrogens is 1. The van der Waals surface area contributed by atoms with Gasteiger partial charge in [0.1, 0.15) is 11.5 Å². The Bertz CT molecular complexity index is 659. The molecule has 0 aliphatic heterocycles. The van der Waals surface area contributed by atoms with Crippen LogP contribution in [-0.4, -0.2) is 10.1 Å². The molecule has 3 aromatic rings. The van der Waals surface area contributed by atoms with Crippen molar-refractivity contribution in [3.8, 4) is 11.5 Å². The molecule has 0 aliphatic carbocycles. The molecule has 1 heterocycles.